The quantitative estimate of drug-likeness (QED) is 0.728. The molecule has 0 heterocycles. The number of carbonyl (C=O) groups is 1. The van der Waals surface area contributed by atoms with Crippen molar-refractivity contribution in [2.75, 3.05) is 6.54 Å². The number of halogens is 1. The first-order valence-corrected chi connectivity index (χ1v) is 4.39. The predicted octanol–water partition coefficient (Wildman–Crippen LogP) is 1.83. The molecule has 2 N–H and O–H groups in total. The fourth-order valence-electron chi connectivity index (χ4n) is 0.554. The van der Waals surface area contributed by atoms with E-state index >= 15 is 0 Å². The van der Waals surface area contributed by atoms with Gasteiger partial charge >= 0.3 is 0 Å². The third-order valence-electron chi connectivity index (χ3n) is 1.49. The van der Waals surface area contributed by atoms with Gasteiger partial charge in [-0.05, 0) is 42.3 Å². The zero-order valence-electron chi connectivity index (χ0n) is 7.49. The summed E-state index contributed by atoms with van der Waals surface area (Å²) in [4.78, 5) is 10.6. The van der Waals surface area contributed by atoms with Crippen LogP contribution >= 0.6 is 15.9 Å². The molecule has 0 saturated heterocycles. The van der Waals surface area contributed by atoms with Gasteiger partial charge in [0.25, 0.3) is 0 Å². The first-order valence-electron chi connectivity index (χ1n) is 3.60. The molecule has 0 aliphatic carbocycles. The molecule has 0 aromatic heterocycles. The molecule has 68 valence electrons. The van der Waals surface area contributed by atoms with E-state index < -0.39 is 0 Å². The molecule has 3 nitrogen and oxygen atoms in total. The maximum absolute atomic E-state index is 10.6. The predicted molar refractivity (Wildman–Crippen MR) is 53.7 cm³/mol. The lowest BCUT2D eigenvalue weighted by Crippen LogP contribution is -2.20. The molecule has 0 atom stereocenters. The number of ketones is 1. The van der Waals surface area contributed by atoms with Gasteiger partial charge < -0.3 is 5.32 Å². The Morgan fingerprint density at radius 3 is 2.25 bits per heavy atom. The second-order valence-corrected chi connectivity index (χ2v) is 3.41. The third kappa shape index (κ3) is 4.28. The van der Waals surface area contributed by atoms with Crippen LogP contribution in [0, 0.1) is 5.41 Å². The Labute approximate surface area is 80.9 Å². The minimum atomic E-state index is 0.0863. The molecule has 0 rings (SSSR count). The highest BCUT2D eigenvalue weighted by molar-refractivity contribution is 9.18. The van der Waals surface area contributed by atoms with Crippen molar-refractivity contribution < 1.29 is 4.79 Å². The molecule has 0 amide bonds. The molecular weight excluding hydrogens is 220 g/mol. The average Bonchev–Trinajstić information content (AvgIpc) is 1.98. The number of nitrogens with one attached hydrogen (secondary N) is 2. The maximum Gasteiger partial charge on any atom is 0.148 e. The highest BCUT2D eigenvalue weighted by Crippen LogP contribution is 2.05. The van der Waals surface area contributed by atoms with E-state index in [4.69, 9.17) is 5.41 Å². The van der Waals surface area contributed by atoms with Crippen LogP contribution < -0.4 is 5.32 Å². The Bertz CT molecular complexity index is 233. The van der Waals surface area contributed by atoms with Gasteiger partial charge in [0.2, 0.25) is 0 Å². The van der Waals surface area contributed by atoms with Crippen molar-refractivity contribution in [2.24, 2.45) is 0 Å². The monoisotopic (exact) mass is 232 g/mol. The lowest BCUT2D eigenvalue weighted by molar-refractivity contribution is -0.116. The van der Waals surface area contributed by atoms with Crippen LogP contribution in [0.5, 0.6) is 0 Å². The summed E-state index contributed by atoms with van der Waals surface area (Å²) in [5.74, 6) is 0.0863. The second kappa shape index (κ2) is 5.09. The standard InChI is InChI=1S/C8H13BrN2O/c1-5(12)4-11-7(3)6(2)8(9)10/h10-11H,4H2,1-3H3/b7-6-,10-8?. The molecule has 0 aliphatic heterocycles. The van der Waals surface area contributed by atoms with E-state index in [0.29, 0.717) is 11.2 Å². The summed E-state index contributed by atoms with van der Waals surface area (Å²) in [6, 6.07) is 0. The van der Waals surface area contributed by atoms with Crippen molar-refractivity contribution in [3.8, 4) is 0 Å². The number of carbonyl (C=O) groups excluding carboxylic acids is 1. The molecule has 0 aliphatic rings. The lowest BCUT2D eigenvalue weighted by Gasteiger charge is -2.06. The largest absolute Gasteiger partial charge is 0.381 e. The Hall–Kier alpha value is -0.640. The SMILES string of the molecule is CC(=O)CN/C(C)=C(/C)C(=N)Br. The molecule has 0 radical (unpaired) electrons. The van der Waals surface area contributed by atoms with E-state index in [-0.39, 0.29) is 5.78 Å². The third-order valence-corrected chi connectivity index (χ3v) is 2.09. The summed E-state index contributed by atoms with van der Waals surface area (Å²) in [5, 5.41) is 10.2. The number of hydrogen-bond donors (Lipinski definition) is 2. The van der Waals surface area contributed by atoms with Crippen LogP contribution in [0.1, 0.15) is 20.8 Å². The number of rotatable bonds is 4. The molecule has 0 aromatic carbocycles. The van der Waals surface area contributed by atoms with Gasteiger partial charge in [-0.2, -0.15) is 0 Å². The van der Waals surface area contributed by atoms with Crippen molar-refractivity contribution in [2.45, 2.75) is 20.8 Å². The number of Topliss-reactive ketones (excluding diaryl/α,β-unsaturated/α-hetero) is 1. The van der Waals surface area contributed by atoms with Gasteiger partial charge in [-0.15, -0.1) is 0 Å². The second-order valence-electron chi connectivity index (χ2n) is 2.62. The van der Waals surface area contributed by atoms with Gasteiger partial charge in [0, 0.05) is 5.70 Å². The van der Waals surface area contributed by atoms with Crippen molar-refractivity contribution in [3.05, 3.63) is 11.3 Å². The zero-order valence-corrected chi connectivity index (χ0v) is 9.08. The van der Waals surface area contributed by atoms with Crippen LogP contribution in [0.2, 0.25) is 0 Å². The van der Waals surface area contributed by atoms with Gasteiger partial charge in [-0.1, -0.05) is 0 Å². The molecular formula is C8H13BrN2O. The van der Waals surface area contributed by atoms with E-state index in [1.165, 1.54) is 6.92 Å². The minimum Gasteiger partial charge on any atom is -0.381 e. The van der Waals surface area contributed by atoms with Crippen LogP contribution in [0.4, 0.5) is 0 Å². The molecule has 0 saturated carbocycles. The minimum absolute atomic E-state index is 0.0863. The molecule has 0 spiro atoms. The van der Waals surface area contributed by atoms with E-state index in [9.17, 15) is 4.79 Å². The Balaban J connectivity index is 4.18. The van der Waals surface area contributed by atoms with Gasteiger partial charge in [-0.25, -0.2) is 0 Å². The molecule has 0 bridgehead atoms. The van der Waals surface area contributed by atoms with Crippen LogP contribution in [0.3, 0.4) is 0 Å². The van der Waals surface area contributed by atoms with E-state index in [1.54, 1.807) is 0 Å². The molecule has 0 fully saturated rings. The van der Waals surface area contributed by atoms with Gasteiger partial charge in [0.1, 0.15) is 10.4 Å². The van der Waals surface area contributed by atoms with Crippen LogP contribution in [0.25, 0.3) is 0 Å². The molecule has 0 unspecified atom stereocenters. The number of hydrogen-bond acceptors (Lipinski definition) is 3. The topological polar surface area (TPSA) is 53.0 Å². The van der Waals surface area contributed by atoms with Crippen molar-refractivity contribution >= 4 is 26.3 Å². The highest BCUT2D eigenvalue weighted by atomic mass is 79.9. The maximum atomic E-state index is 10.6. The Morgan fingerprint density at radius 1 is 1.42 bits per heavy atom. The highest BCUT2D eigenvalue weighted by Gasteiger charge is 2.00. The summed E-state index contributed by atoms with van der Waals surface area (Å²) in [6.07, 6.45) is 0. The van der Waals surface area contributed by atoms with Crippen molar-refractivity contribution in [3.63, 3.8) is 0 Å². The molecule has 4 heteroatoms. The summed E-state index contributed by atoms with van der Waals surface area (Å²) in [6.45, 7) is 5.51. The van der Waals surface area contributed by atoms with E-state index in [0.717, 1.165) is 11.3 Å². The lowest BCUT2D eigenvalue weighted by atomic mass is 10.2. The van der Waals surface area contributed by atoms with Crippen LogP contribution in [-0.4, -0.2) is 16.9 Å². The van der Waals surface area contributed by atoms with Gasteiger partial charge in [-0.3, -0.25) is 10.2 Å². The number of allylic oxidation sites excluding steroid dienone is 2. The Kier molecular flexibility index (Phi) is 4.81. The first-order chi connectivity index (χ1) is 5.45. The summed E-state index contributed by atoms with van der Waals surface area (Å²) < 4.78 is 0.344. The first kappa shape index (κ1) is 11.4. The van der Waals surface area contributed by atoms with Crippen LogP contribution in [0.15, 0.2) is 11.3 Å². The molecule has 0 aromatic rings. The smallest absolute Gasteiger partial charge is 0.148 e. The fourth-order valence-corrected chi connectivity index (χ4v) is 0.852. The fraction of sp³-hybridized carbons (Fsp3) is 0.500. The summed E-state index contributed by atoms with van der Waals surface area (Å²) in [5.41, 5.74) is 1.67. The van der Waals surface area contributed by atoms with E-state index in [1.807, 2.05) is 13.8 Å². The zero-order chi connectivity index (χ0) is 9.72. The van der Waals surface area contributed by atoms with Crippen LogP contribution in [-0.2, 0) is 4.79 Å². The molecule has 12 heavy (non-hydrogen) atoms. The Morgan fingerprint density at radius 2 is 1.92 bits per heavy atom. The summed E-state index contributed by atoms with van der Waals surface area (Å²) >= 11 is 3.05. The van der Waals surface area contributed by atoms with Gasteiger partial charge in [0.15, 0.2) is 0 Å². The van der Waals surface area contributed by atoms with Crippen molar-refractivity contribution in [1.82, 2.24) is 5.32 Å². The summed E-state index contributed by atoms with van der Waals surface area (Å²) in [7, 11) is 0. The normalized spacial score (nSPS) is 12.0. The average molecular weight is 233 g/mol. The van der Waals surface area contributed by atoms with E-state index in [2.05, 4.69) is 21.2 Å². The van der Waals surface area contributed by atoms with Gasteiger partial charge in [0.05, 0.1) is 6.54 Å². The van der Waals surface area contributed by atoms with Crippen molar-refractivity contribution in [1.29, 1.82) is 5.41 Å².